The number of aromatic amines is 1. The van der Waals surface area contributed by atoms with Crippen LogP contribution in [0.5, 0.6) is 0 Å². The maximum absolute atomic E-state index is 12.4. The van der Waals surface area contributed by atoms with Gasteiger partial charge in [0.25, 0.3) is 11.5 Å². The number of benzene rings is 1. The van der Waals surface area contributed by atoms with Gasteiger partial charge < -0.3 is 10.3 Å². The highest BCUT2D eigenvalue weighted by Gasteiger charge is 2.09. The summed E-state index contributed by atoms with van der Waals surface area (Å²) < 4.78 is 1.78. The van der Waals surface area contributed by atoms with Crippen molar-refractivity contribution < 1.29 is 4.79 Å². The van der Waals surface area contributed by atoms with Crippen molar-refractivity contribution in [3.63, 3.8) is 0 Å². The van der Waals surface area contributed by atoms with Crippen molar-refractivity contribution in [1.29, 1.82) is 0 Å². The van der Waals surface area contributed by atoms with Crippen molar-refractivity contribution >= 4 is 16.7 Å². The van der Waals surface area contributed by atoms with Gasteiger partial charge >= 0.3 is 0 Å². The average molecular weight is 345 g/mol. The fourth-order valence-corrected chi connectivity index (χ4v) is 2.72. The largest absolute Gasteiger partial charge is 0.347 e. The van der Waals surface area contributed by atoms with Crippen LogP contribution in [0.25, 0.3) is 16.6 Å². The molecule has 7 nitrogen and oxygen atoms in total. The van der Waals surface area contributed by atoms with Crippen LogP contribution in [-0.2, 0) is 6.54 Å². The summed E-state index contributed by atoms with van der Waals surface area (Å²) in [5.74, 6) is 0.377. The third kappa shape index (κ3) is 3.10. The summed E-state index contributed by atoms with van der Waals surface area (Å²) in [6, 6.07) is 12.5. The number of nitrogens with zero attached hydrogens (tertiary/aromatic N) is 3. The Labute approximate surface area is 148 Å². The molecular weight excluding hydrogens is 330 g/mol. The zero-order valence-electron chi connectivity index (χ0n) is 13.7. The van der Waals surface area contributed by atoms with Crippen molar-refractivity contribution in [3.8, 4) is 5.82 Å². The van der Waals surface area contributed by atoms with Gasteiger partial charge in [-0.3, -0.25) is 14.2 Å². The highest BCUT2D eigenvalue weighted by atomic mass is 16.2. The monoisotopic (exact) mass is 345 g/mol. The fourth-order valence-electron chi connectivity index (χ4n) is 2.72. The lowest BCUT2D eigenvalue weighted by Crippen LogP contribution is -2.26. The minimum absolute atomic E-state index is 0.234. The number of fused-ring (bicyclic) bond motifs is 1. The summed E-state index contributed by atoms with van der Waals surface area (Å²) in [7, 11) is 0. The Kier molecular flexibility index (Phi) is 4.03. The quantitative estimate of drug-likeness (QED) is 0.592. The highest BCUT2D eigenvalue weighted by Crippen LogP contribution is 2.10. The van der Waals surface area contributed by atoms with Crippen LogP contribution in [-0.4, -0.2) is 25.4 Å². The van der Waals surface area contributed by atoms with Crippen LogP contribution in [0.4, 0.5) is 0 Å². The Hall–Kier alpha value is -3.74. The third-order valence-electron chi connectivity index (χ3n) is 4.03. The number of nitrogens with one attached hydrogen (secondary N) is 2. The number of carbonyl (C=O) groups is 1. The molecule has 128 valence electrons. The van der Waals surface area contributed by atoms with E-state index in [0.29, 0.717) is 17.7 Å². The molecule has 0 saturated heterocycles. The molecule has 4 aromatic rings. The van der Waals surface area contributed by atoms with Crippen LogP contribution in [0.15, 0.2) is 72.2 Å². The average Bonchev–Trinajstić information content (AvgIpc) is 3.21. The van der Waals surface area contributed by atoms with Gasteiger partial charge in [-0.25, -0.2) is 9.97 Å². The molecule has 26 heavy (non-hydrogen) atoms. The molecule has 0 saturated carbocycles. The van der Waals surface area contributed by atoms with E-state index in [9.17, 15) is 9.59 Å². The lowest BCUT2D eigenvalue weighted by molar-refractivity contribution is 0.0946. The topological polar surface area (TPSA) is 92.7 Å². The number of H-pyrrole nitrogens is 1. The molecule has 0 radical (unpaired) electrons. The van der Waals surface area contributed by atoms with Gasteiger partial charge in [0, 0.05) is 30.5 Å². The molecule has 0 fully saturated rings. The summed E-state index contributed by atoms with van der Waals surface area (Å²) >= 11 is 0. The van der Waals surface area contributed by atoms with E-state index >= 15 is 0 Å². The minimum atomic E-state index is -0.339. The second-order valence-electron chi connectivity index (χ2n) is 5.77. The molecular formula is C19H15N5O2. The molecule has 3 aromatic heterocycles. The molecule has 3 heterocycles. The van der Waals surface area contributed by atoms with Crippen molar-refractivity contribution in [2.75, 3.05) is 0 Å². The van der Waals surface area contributed by atoms with Crippen molar-refractivity contribution in [2.45, 2.75) is 6.54 Å². The fraction of sp³-hybridized carbons (Fsp3) is 0.0526. The number of rotatable bonds is 4. The van der Waals surface area contributed by atoms with E-state index in [2.05, 4.69) is 20.3 Å². The van der Waals surface area contributed by atoms with E-state index in [1.54, 1.807) is 47.7 Å². The number of carbonyl (C=O) groups excluding carboxylic acids is 1. The van der Waals surface area contributed by atoms with Gasteiger partial charge in [-0.1, -0.05) is 18.2 Å². The number of imidazole rings is 1. The van der Waals surface area contributed by atoms with Gasteiger partial charge in [-0.05, 0) is 35.2 Å². The minimum Gasteiger partial charge on any atom is -0.347 e. The Morgan fingerprint density at radius 3 is 2.88 bits per heavy atom. The summed E-state index contributed by atoms with van der Waals surface area (Å²) in [4.78, 5) is 35.4. The van der Waals surface area contributed by atoms with Gasteiger partial charge in [-0.15, -0.1) is 0 Å². The van der Waals surface area contributed by atoms with E-state index in [4.69, 9.17) is 0 Å². The normalized spacial score (nSPS) is 10.8. The first-order valence-corrected chi connectivity index (χ1v) is 8.04. The van der Waals surface area contributed by atoms with Crippen molar-refractivity contribution in [3.05, 3.63) is 89.0 Å². The molecule has 0 atom stereocenters. The van der Waals surface area contributed by atoms with Crippen LogP contribution in [0.1, 0.15) is 16.1 Å². The Balaban J connectivity index is 1.53. The molecule has 0 bridgehead atoms. The first kappa shape index (κ1) is 15.8. The molecule has 0 spiro atoms. The molecule has 0 aliphatic heterocycles. The lowest BCUT2D eigenvalue weighted by Gasteiger charge is -2.08. The van der Waals surface area contributed by atoms with Crippen LogP contribution in [0, 0.1) is 0 Å². The first-order chi connectivity index (χ1) is 12.7. The summed E-state index contributed by atoms with van der Waals surface area (Å²) in [6.45, 7) is 0.317. The molecule has 2 N–H and O–H groups in total. The standard InChI is InChI=1S/C19H15N5O2/c25-18-15-4-2-1-3-14(15)10-16(23-18)19(26)22-11-13-5-6-21-17(9-13)24-8-7-20-12-24/h1-10,12H,11H2,(H,22,26)(H,23,25). The number of pyridine rings is 2. The first-order valence-electron chi connectivity index (χ1n) is 8.04. The molecule has 7 heteroatoms. The molecule has 1 aromatic carbocycles. The predicted octanol–water partition coefficient (Wildman–Crippen LogP) is 2.04. The predicted molar refractivity (Wildman–Crippen MR) is 97.1 cm³/mol. The second-order valence-corrected chi connectivity index (χ2v) is 5.77. The molecule has 0 unspecified atom stereocenters. The summed E-state index contributed by atoms with van der Waals surface area (Å²) in [6.07, 6.45) is 6.80. The third-order valence-corrected chi connectivity index (χ3v) is 4.03. The summed E-state index contributed by atoms with van der Waals surface area (Å²) in [5.41, 5.74) is 0.845. The summed E-state index contributed by atoms with van der Waals surface area (Å²) in [5, 5.41) is 4.11. The number of hydrogen-bond donors (Lipinski definition) is 2. The maximum Gasteiger partial charge on any atom is 0.268 e. The van der Waals surface area contributed by atoms with Crippen LogP contribution < -0.4 is 10.9 Å². The molecule has 1 amide bonds. The smallest absolute Gasteiger partial charge is 0.268 e. The Morgan fingerprint density at radius 2 is 2.04 bits per heavy atom. The molecule has 4 rings (SSSR count). The molecule has 0 aliphatic rings. The number of hydrogen-bond acceptors (Lipinski definition) is 4. The molecule has 0 aliphatic carbocycles. The number of aromatic nitrogens is 4. The zero-order valence-corrected chi connectivity index (χ0v) is 13.7. The van der Waals surface area contributed by atoms with Gasteiger partial charge in [-0.2, -0.15) is 0 Å². The van der Waals surface area contributed by atoms with Crippen LogP contribution >= 0.6 is 0 Å². The Bertz CT molecular complexity index is 1130. The van der Waals surface area contributed by atoms with Gasteiger partial charge in [0.05, 0.1) is 0 Å². The van der Waals surface area contributed by atoms with Gasteiger partial charge in [0.15, 0.2) is 0 Å². The van der Waals surface area contributed by atoms with Crippen LogP contribution in [0.3, 0.4) is 0 Å². The van der Waals surface area contributed by atoms with Crippen molar-refractivity contribution in [1.82, 2.24) is 24.8 Å². The van der Waals surface area contributed by atoms with Crippen LogP contribution in [0.2, 0.25) is 0 Å². The SMILES string of the molecule is O=C(NCc1ccnc(-n2ccnc2)c1)c1cc2ccccc2c(=O)[nH]1. The van der Waals surface area contributed by atoms with E-state index in [-0.39, 0.29) is 17.2 Å². The lowest BCUT2D eigenvalue weighted by atomic mass is 10.1. The maximum atomic E-state index is 12.4. The second kappa shape index (κ2) is 6.64. The van der Waals surface area contributed by atoms with Crippen molar-refractivity contribution in [2.24, 2.45) is 0 Å². The highest BCUT2D eigenvalue weighted by molar-refractivity contribution is 5.96. The van der Waals surface area contributed by atoms with E-state index < -0.39 is 0 Å². The Morgan fingerprint density at radius 1 is 1.15 bits per heavy atom. The van der Waals surface area contributed by atoms with E-state index in [1.807, 2.05) is 24.3 Å². The van der Waals surface area contributed by atoms with Gasteiger partial charge in [0.1, 0.15) is 17.8 Å². The van der Waals surface area contributed by atoms with Gasteiger partial charge in [0.2, 0.25) is 0 Å². The van der Waals surface area contributed by atoms with E-state index in [0.717, 1.165) is 10.9 Å². The zero-order chi connectivity index (χ0) is 17.9. The number of amides is 1. The van der Waals surface area contributed by atoms with E-state index in [1.165, 1.54) is 0 Å².